The van der Waals surface area contributed by atoms with Crippen molar-refractivity contribution in [3.05, 3.63) is 82.8 Å². The van der Waals surface area contributed by atoms with Gasteiger partial charge in [0, 0.05) is 0 Å². The second-order valence-corrected chi connectivity index (χ2v) is 9.78. The number of nitrogens with zero attached hydrogens (tertiary/aromatic N) is 3. The SMILES string of the molecule is CCN1C(=O)C(=Cc2ccc(N(c3ccccc3)c3ccccc3)[se]2)C(=O)N(CC)C1=S. The summed E-state index contributed by atoms with van der Waals surface area (Å²) >= 11 is 5.28. The van der Waals surface area contributed by atoms with Crippen LogP contribution in [0.15, 0.2) is 78.4 Å². The molecular weight excluding hydrogens is 485 g/mol. The first-order chi connectivity index (χ1) is 15.5. The van der Waals surface area contributed by atoms with Gasteiger partial charge in [-0.05, 0) is 0 Å². The third-order valence-corrected chi connectivity index (χ3v) is 7.77. The Morgan fingerprint density at radius 2 is 1.31 bits per heavy atom. The van der Waals surface area contributed by atoms with Gasteiger partial charge in [-0.25, -0.2) is 0 Å². The molecule has 2 amide bonds. The maximum atomic E-state index is 13.0. The second-order valence-electron chi connectivity index (χ2n) is 7.12. The zero-order valence-corrected chi connectivity index (χ0v) is 20.4. The minimum atomic E-state index is -0.319. The van der Waals surface area contributed by atoms with Gasteiger partial charge in [-0.1, -0.05) is 0 Å². The fourth-order valence-electron chi connectivity index (χ4n) is 3.62. The average molecular weight is 509 g/mol. The molecule has 3 aromatic rings. The third kappa shape index (κ3) is 4.19. The van der Waals surface area contributed by atoms with E-state index in [9.17, 15) is 9.59 Å². The van der Waals surface area contributed by atoms with Gasteiger partial charge in [0.2, 0.25) is 0 Å². The molecule has 0 spiro atoms. The van der Waals surface area contributed by atoms with Crippen molar-refractivity contribution < 1.29 is 9.59 Å². The zero-order chi connectivity index (χ0) is 22.7. The number of hydrogen-bond acceptors (Lipinski definition) is 4. The molecule has 5 nitrogen and oxygen atoms in total. The van der Waals surface area contributed by atoms with E-state index in [1.54, 1.807) is 6.08 Å². The summed E-state index contributed by atoms with van der Waals surface area (Å²) in [6, 6.07) is 24.5. The van der Waals surface area contributed by atoms with Crippen LogP contribution in [0, 0.1) is 0 Å². The number of rotatable bonds is 6. The molecule has 162 valence electrons. The quantitative estimate of drug-likeness (QED) is 0.212. The van der Waals surface area contributed by atoms with E-state index in [0.717, 1.165) is 20.4 Å². The van der Waals surface area contributed by atoms with Crippen molar-refractivity contribution in [2.24, 2.45) is 0 Å². The molecule has 1 aliphatic heterocycles. The average Bonchev–Trinajstić information content (AvgIpc) is 3.27. The van der Waals surface area contributed by atoms with Crippen LogP contribution in [0.1, 0.15) is 18.3 Å². The fourth-order valence-corrected chi connectivity index (χ4v) is 6.13. The standard InChI is InChI=1S/C25H23N3O2SSe/c1-3-26-23(29)21(24(30)27(4-2)25(26)31)17-20-15-16-22(32-20)28(18-11-7-5-8-12-18)19-13-9-6-10-14-19/h5-17H,3-4H2,1-2H3. The van der Waals surface area contributed by atoms with Gasteiger partial charge >= 0.3 is 200 Å². The van der Waals surface area contributed by atoms with E-state index in [2.05, 4.69) is 35.2 Å². The van der Waals surface area contributed by atoms with Crippen LogP contribution < -0.4 is 4.90 Å². The summed E-state index contributed by atoms with van der Waals surface area (Å²) in [4.78, 5) is 31.1. The van der Waals surface area contributed by atoms with Gasteiger partial charge < -0.3 is 0 Å². The molecule has 0 saturated carbocycles. The van der Waals surface area contributed by atoms with E-state index in [-0.39, 0.29) is 37.0 Å². The normalized spacial score (nSPS) is 14.2. The summed E-state index contributed by atoms with van der Waals surface area (Å²) in [5, 5.41) is 0.284. The van der Waals surface area contributed by atoms with Crippen molar-refractivity contribution in [3.8, 4) is 0 Å². The monoisotopic (exact) mass is 509 g/mol. The van der Waals surface area contributed by atoms with Crippen LogP contribution >= 0.6 is 12.2 Å². The molecule has 1 aliphatic rings. The summed E-state index contributed by atoms with van der Waals surface area (Å²) in [5.74, 6) is -0.638. The first-order valence-electron chi connectivity index (χ1n) is 10.4. The van der Waals surface area contributed by atoms with Gasteiger partial charge in [-0.15, -0.1) is 0 Å². The van der Waals surface area contributed by atoms with E-state index in [1.807, 2.05) is 56.3 Å². The Morgan fingerprint density at radius 1 is 0.812 bits per heavy atom. The van der Waals surface area contributed by atoms with E-state index in [1.165, 1.54) is 9.80 Å². The number of carbonyl (C=O) groups is 2. The van der Waals surface area contributed by atoms with Crippen LogP contribution in [-0.4, -0.2) is 54.3 Å². The van der Waals surface area contributed by atoms with Crippen molar-refractivity contribution in [3.63, 3.8) is 0 Å². The van der Waals surface area contributed by atoms with Crippen molar-refractivity contribution in [2.45, 2.75) is 13.8 Å². The van der Waals surface area contributed by atoms with Crippen LogP contribution in [-0.2, 0) is 9.59 Å². The summed E-state index contributed by atoms with van der Waals surface area (Å²) in [7, 11) is 0. The number of benzene rings is 2. The molecule has 2 aromatic carbocycles. The Labute approximate surface area is 199 Å². The Kier molecular flexibility index (Phi) is 6.70. The number of hydrogen-bond donors (Lipinski definition) is 0. The van der Waals surface area contributed by atoms with Crippen molar-refractivity contribution >= 4 is 65.7 Å². The fraction of sp³-hybridized carbons (Fsp3) is 0.160. The predicted molar refractivity (Wildman–Crippen MR) is 133 cm³/mol. The van der Waals surface area contributed by atoms with Crippen LogP contribution in [0.4, 0.5) is 15.9 Å². The van der Waals surface area contributed by atoms with Crippen LogP contribution in [0.2, 0.25) is 0 Å². The van der Waals surface area contributed by atoms with Gasteiger partial charge in [0.05, 0.1) is 0 Å². The van der Waals surface area contributed by atoms with Gasteiger partial charge in [-0.3, -0.25) is 0 Å². The molecule has 1 aromatic heterocycles. The Balaban J connectivity index is 1.73. The van der Waals surface area contributed by atoms with Gasteiger partial charge in [0.15, 0.2) is 0 Å². The summed E-state index contributed by atoms with van der Waals surface area (Å²) in [6.07, 6.45) is 1.75. The van der Waals surface area contributed by atoms with Crippen LogP contribution in [0.25, 0.3) is 6.08 Å². The molecule has 0 bridgehead atoms. The molecular formula is C25H23N3O2SSe. The molecule has 1 saturated heterocycles. The van der Waals surface area contributed by atoms with E-state index >= 15 is 0 Å². The number of thiocarbonyl (C=S) groups is 1. The Morgan fingerprint density at radius 3 is 1.78 bits per heavy atom. The van der Waals surface area contributed by atoms with Gasteiger partial charge in [-0.2, -0.15) is 0 Å². The predicted octanol–water partition coefficient (Wildman–Crippen LogP) is 4.59. The number of anilines is 3. The molecule has 7 heteroatoms. The maximum absolute atomic E-state index is 13.0. The van der Waals surface area contributed by atoms with E-state index < -0.39 is 0 Å². The van der Waals surface area contributed by atoms with E-state index in [4.69, 9.17) is 12.2 Å². The summed E-state index contributed by atoms with van der Waals surface area (Å²) in [6.45, 7) is 4.59. The molecule has 1 fully saturated rings. The zero-order valence-electron chi connectivity index (χ0n) is 17.9. The number of likely N-dealkylation sites (N-methyl/N-ethyl adjacent to an activating group) is 2. The van der Waals surface area contributed by atoms with Gasteiger partial charge in [0.25, 0.3) is 0 Å². The van der Waals surface area contributed by atoms with Crippen molar-refractivity contribution in [2.75, 3.05) is 18.0 Å². The first kappa shape index (κ1) is 22.2. The van der Waals surface area contributed by atoms with Crippen LogP contribution in [0.3, 0.4) is 0 Å². The Hall–Kier alpha value is -2.99. The summed E-state index contributed by atoms with van der Waals surface area (Å²) < 4.78 is 2.11. The molecule has 0 unspecified atom stereocenters. The molecule has 4 rings (SSSR count). The number of carbonyl (C=O) groups excluding carboxylic acids is 2. The molecule has 0 radical (unpaired) electrons. The molecule has 0 N–H and O–H groups in total. The van der Waals surface area contributed by atoms with Crippen LogP contribution in [0.5, 0.6) is 0 Å². The molecule has 32 heavy (non-hydrogen) atoms. The summed E-state index contributed by atoms with van der Waals surface area (Å²) in [5.41, 5.74) is 2.31. The second kappa shape index (κ2) is 9.65. The number of amides is 2. The van der Waals surface area contributed by atoms with E-state index in [0.29, 0.717) is 13.1 Å². The molecule has 0 aliphatic carbocycles. The topological polar surface area (TPSA) is 43.9 Å². The van der Waals surface area contributed by atoms with Crippen molar-refractivity contribution in [1.82, 2.24) is 9.80 Å². The number of para-hydroxylation sites is 2. The van der Waals surface area contributed by atoms with Crippen molar-refractivity contribution in [1.29, 1.82) is 0 Å². The minimum absolute atomic E-state index is 0.0781. The Bertz CT molecular complexity index is 1110. The first-order valence-corrected chi connectivity index (χ1v) is 12.6. The van der Waals surface area contributed by atoms with Gasteiger partial charge in [0.1, 0.15) is 0 Å². The molecule has 0 atom stereocenters. The molecule has 2 heterocycles. The third-order valence-electron chi connectivity index (χ3n) is 5.19.